The van der Waals surface area contributed by atoms with E-state index >= 15 is 0 Å². The van der Waals surface area contributed by atoms with E-state index in [1.54, 1.807) is 12.4 Å². The van der Waals surface area contributed by atoms with Gasteiger partial charge in [0.05, 0.1) is 18.1 Å². The average molecular weight is 355 g/mol. The van der Waals surface area contributed by atoms with Gasteiger partial charge in [-0.25, -0.2) is 10.5 Å². The van der Waals surface area contributed by atoms with E-state index in [0.29, 0.717) is 11.5 Å². The van der Waals surface area contributed by atoms with E-state index in [2.05, 4.69) is 58.4 Å². The fraction of sp³-hybridized carbons (Fsp3) is 0.316. The van der Waals surface area contributed by atoms with Crippen molar-refractivity contribution in [3.8, 4) is 0 Å². The van der Waals surface area contributed by atoms with Crippen LogP contribution in [0.25, 0.3) is 6.08 Å². The molecule has 0 bridgehead atoms. The monoisotopic (exact) mass is 355 g/mol. The minimum Gasteiger partial charge on any atom is -0.365 e. The number of anilines is 1. The maximum absolute atomic E-state index is 11.0. The fourth-order valence-electron chi connectivity index (χ4n) is 2.52. The number of hydrogen-bond acceptors (Lipinski definition) is 6. The zero-order valence-electron chi connectivity index (χ0n) is 15.1. The molecule has 26 heavy (non-hydrogen) atoms. The number of nitrogens with one attached hydrogen (secondary N) is 2. The summed E-state index contributed by atoms with van der Waals surface area (Å²) < 4.78 is 0. The summed E-state index contributed by atoms with van der Waals surface area (Å²) in [5.74, 6) is 0.0789. The van der Waals surface area contributed by atoms with Crippen LogP contribution in [0.3, 0.4) is 0 Å². The molecule has 2 rings (SSSR count). The highest BCUT2D eigenvalue weighted by Crippen LogP contribution is 2.09. The molecule has 0 fully saturated rings. The van der Waals surface area contributed by atoms with Gasteiger partial charge >= 0.3 is 0 Å². The number of likely N-dealkylation sites (N-methyl/N-ethyl adjacent to an activating group) is 1. The van der Waals surface area contributed by atoms with E-state index in [4.69, 9.17) is 5.21 Å². The maximum atomic E-state index is 11.0. The van der Waals surface area contributed by atoms with Crippen molar-refractivity contribution < 1.29 is 10.0 Å². The van der Waals surface area contributed by atoms with Crippen LogP contribution < -0.4 is 10.8 Å². The van der Waals surface area contributed by atoms with Crippen LogP contribution in [0.2, 0.25) is 0 Å². The smallest absolute Gasteiger partial charge is 0.267 e. The van der Waals surface area contributed by atoms with Crippen LogP contribution in [-0.2, 0) is 11.3 Å². The summed E-state index contributed by atoms with van der Waals surface area (Å²) in [7, 11) is 2.10. The van der Waals surface area contributed by atoms with Gasteiger partial charge in [0, 0.05) is 25.2 Å². The van der Waals surface area contributed by atoms with Gasteiger partial charge in [-0.15, -0.1) is 0 Å². The normalized spacial score (nSPS) is 12.3. The van der Waals surface area contributed by atoms with Crippen LogP contribution in [-0.4, -0.2) is 45.6 Å². The zero-order chi connectivity index (χ0) is 18.8. The van der Waals surface area contributed by atoms with Gasteiger partial charge in [-0.05, 0) is 25.1 Å². The second-order valence-corrected chi connectivity index (χ2v) is 6.07. The van der Waals surface area contributed by atoms with E-state index in [0.717, 1.165) is 19.5 Å². The lowest BCUT2D eigenvalue weighted by Gasteiger charge is -2.24. The zero-order valence-corrected chi connectivity index (χ0v) is 15.1. The van der Waals surface area contributed by atoms with E-state index < -0.39 is 5.91 Å². The van der Waals surface area contributed by atoms with Crippen molar-refractivity contribution in [1.82, 2.24) is 20.3 Å². The van der Waals surface area contributed by atoms with Crippen molar-refractivity contribution in [2.45, 2.75) is 25.9 Å². The molecule has 1 amide bonds. The highest BCUT2D eigenvalue weighted by molar-refractivity contribution is 5.90. The van der Waals surface area contributed by atoms with Gasteiger partial charge in [0.1, 0.15) is 5.82 Å². The molecule has 0 aliphatic rings. The molecule has 3 N–H and O–H groups in total. The molecule has 1 heterocycles. The van der Waals surface area contributed by atoms with Crippen molar-refractivity contribution >= 4 is 17.8 Å². The van der Waals surface area contributed by atoms with Gasteiger partial charge in [-0.1, -0.05) is 37.3 Å². The van der Waals surface area contributed by atoms with E-state index in [-0.39, 0.29) is 6.04 Å². The lowest BCUT2D eigenvalue weighted by atomic mass is 10.2. The van der Waals surface area contributed by atoms with Crippen LogP contribution in [0.4, 0.5) is 5.82 Å². The molecule has 0 aliphatic carbocycles. The predicted molar refractivity (Wildman–Crippen MR) is 101 cm³/mol. The Labute approximate surface area is 153 Å². The third-order valence-electron chi connectivity index (χ3n) is 3.86. The maximum Gasteiger partial charge on any atom is 0.267 e. The van der Waals surface area contributed by atoms with Gasteiger partial charge in [-0.2, -0.15) is 0 Å². The molecule has 7 nitrogen and oxygen atoms in total. The second-order valence-electron chi connectivity index (χ2n) is 6.07. The number of amides is 1. The molecule has 0 saturated carbocycles. The van der Waals surface area contributed by atoms with Gasteiger partial charge in [0.2, 0.25) is 0 Å². The highest BCUT2D eigenvalue weighted by atomic mass is 16.5. The van der Waals surface area contributed by atoms with Crippen LogP contribution >= 0.6 is 0 Å². The number of carbonyl (C=O) groups is 1. The van der Waals surface area contributed by atoms with Gasteiger partial charge in [-0.3, -0.25) is 15.0 Å². The summed E-state index contributed by atoms with van der Waals surface area (Å²) in [5, 5.41) is 11.8. The Hall–Kier alpha value is -2.77. The molecule has 1 atom stereocenters. The molecule has 138 valence electrons. The topological polar surface area (TPSA) is 90.4 Å². The molecular weight excluding hydrogens is 330 g/mol. The second kappa shape index (κ2) is 10.3. The molecule has 1 aromatic carbocycles. The molecule has 2 aromatic rings. The third kappa shape index (κ3) is 6.62. The SMILES string of the molecule is CC[C@H](CN(C)Cc1ccccc1)Nc1cnc(/C=C/C(=O)NO)cn1. The lowest BCUT2D eigenvalue weighted by molar-refractivity contribution is -0.124. The number of benzene rings is 1. The number of nitrogens with zero attached hydrogens (tertiary/aromatic N) is 3. The standard InChI is InChI=1S/C19H25N5O2/c1-3-16(14-24(2)13-15-7-5-4-6-8-15)22-18-12-20-17(11-21-18)9-10-19(25)23-26/h4-12,16,26H,3,13-14H2,1-2H3,(H,21,22)(H,23,25)/b10-9+/t16-/m1/s1. The molecule has 0 unspecified atom stereocenters. The first-order valence-corrected chi connectivity index (χ1v) is 8.54. The van der Waals surface area contributed by atoms with Gasteiger partial charge in [0.15, 0.2) is 0 Å². The van der Waals surface area contributed by atoms with E-state index in [9.17, 15) is 4.79 Å². The van der Waals surface area contributed by atoms with E-state index in [1.807, 2.05) is 6.07 Å². The summed E-state index contributed by atoms with van der Waals surface area (Å²) in [4.78, 5) is 21.8. The number of carbonyl (C=O) groups excluding carboxylic acids is 1. The Morgan fingerprint density at radius 2 is 2.04 bits per heavy atom. The quantitative estimate of drug-likeness (QED) is 0.363. The van der Waals surface area contributed by atoms with E-state index in [1.165, 1.54) is 23.2 Å². The lowest BCUT2D eigenvalue weighted by Crippen LogP contribution is -2.34. The first-order valence-electron chi connectivity index (χ1n) is 8.54. The summed E-state index contributed by atoms with van der Waals surface area (Å²) in [5.41, 5.74) is 3.35. The van der Waals surface area contributed by atoms with Crippen LogP contribution in [0.5, 0.6) is 0 Å². The molecule has 7 heteroatoms. The Morgan fingerprint density at radius 1 is 1.27 bits per heavy atom. The van der Waals surface area contributed by atoms with Crippen molar-refractivity contribution in [2.24, 2.45) is 0 Å². The van der Waals surface area contributed by atoms with Crippen molar-refractivity contribution in [3.05, 3.63) is 60.1 Å². The van der Waals surface area contributed by atoms with Crippen molar-refractivity contribution in [2.75, 3.05) is 18.9 Å². The summed E-state index contributed by atoms with van der Waals surface area (Å²) in [6.07, 6.45) is 6.83. The number of hydrogen-bond donors (Lipinski definition) is 3. The Balaban J connectivity index is 1.88. The summed E-state index contributed by atoms with van der Waals surface area (Å²) in [6, 6.07) is 10.6. The average Bonchev–Trinajstić information content (AvgIpc) is 2.67. The Morgan fingerprint density at radius 3 is 2.65 bits per heavy atom. The van der Waals surface area contributed by atoms with Gasteiger partial charge in [0.25, 0.3) is 5.91 Å². The third-order valence-corrected chi connectivity index (χ3v) is 3.86. The molecular formula is C19H25N5O2. The molecule has 0 radical (unpaired) electrons. The van der Waals surface area contributed by atoms with Crippen LogP contribution in [0, 0.1) is 0 Å². The Kier molecular flexibility index (Phi) is 7.73. The van der Waals surface area contributed by atoms with Crippen molar-refractivity contribution in [3.63, 3.8) is 0 Å². The number of rotatable bonds is 9. The molecule has 1 aromatic heterocycles. The minimum absolute atomic E-state index is 0.250. The molecule has 0 spiro atoms. The van der Waals surface area contributed by atoms with Crippen LogP contribution in [0.15, 0.2) is 48.8 Å². The first kappa shape index (κ1) is 19.6. The summed E-state index contributed by atoms with van der Waals surface area (Å²) >= 11 is 0. The van der Waals surface area contributed by atoms with Crippen molar-refractivity contribution in [1.29, 1.82) is 0 Å². The molecule has 0 aliphatic heterocycles. The number of aromatic nitrogens is 2. The molecule has 0 saturated heterocycles. The Bertz CT molecular complexity index is 704. The van der Waals surface area contributed by atoms with Gasteiger partial charge < -0.3 is 10.2 Å². The highest BCUT2D eigenvalue weighted by Gasteiger charge is 2.11. The largest absolute Gasteiger partial charge is 0.365 e. The minimum atomic E-state index is -0.610. The fourth-order valence-corrected chi connectivity index (χ4v) is 2.52. The first-order chi connectivity index (χ1) is 12.6. The van der Waals surface area contributed by atoms with Crippen LogP contribution in [0.1, 0.15) is 24.6 Å². The number of hydroxylamine groups is 1. The predicted octanol–water partition coefficient (Wildman–Crippen LogP) is 2.32. The summed E-state index contributed by atoms with van der Waals surface area (Å²) in [6.45, 7) is 3.90.